The number of rotatable bonds is 7. The third-order valence-corrected chi connectivity index (χ3v) is 5.76. The van der Waals surface area contributed by atoms with Gasteiger partial charge in [-0.3, -0.25) is 0 Å². The first-order valence-corrected chi connectivity index (χ1v) is 9.93. The molecule has 1 aromatic heterocycles. The number of hydrogen-bond acceptors (Lipinski definition) is 6. The van der Waals surface area contributed by atoms with Crippen LogP contribution in [0.3, 0.4) is 0 Å². The minimum atomic E-state index is -3.68. The Morgan fingerprint density at radius 1 is 1.15 bits per heavy atom. The molecule has 27 heavy (non-hydrogen) atoms. The van der Waals surface area contributed by atoms with Crippen LogP contribution in [0, 0.1) is 6.92 Å². The first-order valence-electron chi connectivity index (χ1n) is 8.49. The Kier molecular flexibility index (Phi) is 5.57. The zero-order chi connectivity index (χ0) is 19.4. The molecule has 0 N–H and O–H groups in total. The summed E-state index contributed by atoms with van der Waals surface area (Å²) >= 11 is 0. The molecule has 0 spiro atoms. The van der Waals surface area contributed by atoms with Crippen molar-refractivity contribution in [3.05, 3.63) is 60.0 Å². The summed E-state index contributed by atoms with van der Waals surface area (Å²) in [7, 11) is -2.21. The monoisotopic (exact) mass is 387 g/mol. The number of nitrogens with zero attached hydrogens (tertiary/aromatic N) is 3. The molecular weight excluding hydrogens is 366 g/mol. The van der Waals surface area contributed by atoms with Crippen LogP contribution in [0.15, 0.2) is 57.9 Å². The maximum atomic E-state index is 12.7. The van der Waals surface area contributed by atoms with E-state index in [1.807, 2.05) is 38.1 Å². The highest BCUT2D eigenvalue weighted by molar-refractivity contribution is 7.89. The number of hydrogen-bond donors (Lipinski definition) is 0. The Morgan fingerprint density at radius 3 is 2.56 bits per heavy atom. The molecule has 0 fully saturated rings. The van der Waals surface area contributed by atoms with Gasteiger partial charge in [0.05, 0.1) is 18.0 Å². The highest BCUT2D eigenvalue weighted by atomic mass is 32.2. The van der Waals surface area contributed by atoms with Crippen molar-refractivity contribution < 1.29 is 17.7 Å². The Hall–Kier alpha value is -2.71. The maximum Gasteiger partial charge on any atom is 0.243 e. The van der Waals surface area contributed by atoms with Crippen molar-refractivity contribution in [2.24, 2.45) is 0 Å². The number of aromatic nitrogens is 2. The standard InChI is InChI=1S/C19H21N3O4S/c1-4-25-16-8-10-17(11-9-16)27(23,24)22(3)13-18-20-19(21-26-18)15-7-5-6-14(2)12-15/h5-12H,4,13H2,1-3H3. The molecule has 0 aliphatic carbocycles. The lowest BCUT2D eigenvalue weighted by atomic mass is 10.1. The van der Waals surface area contributed by atoms with E-state index in [2.05, 4.69) is 10.1 Å². The number of benzene rings is 2. The van der Waals surface area contributed by atoms with Crippen LogP contribution >= 0.6 is 0 Å². The van der Waals surface area contributed by atoms with Gasteiger partial charge in [-0.15, -0.1) is 0 Å². The van der Waals surface area contributed by atoms with Crippen molar-refractivity contribution in [3.8, 4) is 17.1 Å². The highest BCUT2D eigenvalue weighted by Gasteiger charge is 2.23. The van der Waals surface area contributed by atoms with Gasteiger partial charge in [0.25, 0.3) is 0 Å². The number of sulfonamides is 1. The van der Waals surface area contributed by atoms with Crippen LogP contribution in [0.25, 0.3) is 11.4 Å². The van der Waals surface area contributed by atoms with E-state index in [-0.39, 0.29) is 17.3 Å². The predicted octanol–water partition coefficient (Wildman–Crippen LogP) is 3.26. The summed E-state index contributed by atoms with van der Waals surface area (Å²) < 4.78 is 37.2. The largest absolute Gasteiger partial charge is 0.494 e. The maximum absolute atomic E-state index is 12.7. The van der Waals surface area contributed by atoms with Gasteiger partial charge in [0, 0.05) is 12.6 Å². The summed E-state index contributed by atoms with van der Waals surface area (Å²) in [6, 6.07) is 14.0. The molecule has 0 saturated heterocycles. The van der Waals surface area contributed by atoms with Gasteiger partial charge < -0.3 is 9.26 Å². The molecule has 0 unspecified atom stereocenters. The van der Waals surface area contributed by atoms with Gasteiger partial charge in [-0.25, -0.2) is 8.42 Å². The van der Waals surface area contributed by atoms with Crippen molar-refractivity contribution in [2.45, 2.75) is 25.3 Å². The second-order valence-corrected chi connectivity index (χ2v) is 8.09. The van der Waals surface area contributed by atoms with E-state index in [1.54, 1.807) is 12.1 Å². The molecule has 0 saturated carbocycles. The molecule has 2 aromatic carbocycles. The fourth-order valence-electron chi connectivity index (χ4n) is 2.55. The normalized spacial score (nSPS) is 11.7. The lowest BCUT2D eigenvalue weighted by molar-refractivity contribution is 0.336. The fraction of sp³-hybridized carbons (Fsp3) is 0.263. The van der Waals surface area contributed by atoms with Crippen molar-refractivity contribution in [1.29, 1.82) is 0 Å². The van der Waals surface area contributed by atoms with E-state index in [0.29, 0.717) is 18.2 Å². The third kappa shape index (κ3) is 4.35. The molecule has 0 bridgehead atoms. The fourth-order valence-corrected chi connectivity index (χ4v) is 3.67. The van der Waals surface area contributed by atoms with Crippen LogP contribution in [-0.2, 0) is 16.6 Å². The third-order valence-electron chi connectivity index (χ3n) is 3.95. The SMILES string of the molecule is CCOc1ccc(S(=O)(=O)N(C)Cc2nc(-c3cccc(C)c3)no2)cc1. The summed E-state index contributed by atoms with van der Waals surface area (Å²) in [5.41, 5.74) is 1.90. The predicted molar refractivity (Wildman–Crippen MR) is 101 cm³/mol. The molecule has 0 radical (unpaired) electrons. The first-order chi connectivity index (χ1) is 12.9. The number of ether oxygens (including phenoxy) is 1. The minimum absolute atomic E-state index is 0.0195. The van der Waals surface area contributed by atoms with Crippen LogP contribution in [0.5, 0.6) is 5.75 Å². The second kappa shape index (κ2) is 7.89. The summed E-state index contributed by atoms with van der Waals surface area (Å²) in [5, 5.41) is 3.94. The molecule has 3 rings (SSSR count). The van der Waals surface area contributed by atoms with Crippen LogP contribution in [0.4, 0.5) is 0 Å². The van der Waals surface area contributed by atoms with Gasteiger partial charge in [-0.05, 0) is 44.2 Å². The van der Waals surface area contributed by atoms with E-state index in [1.165, 1.54) is 23.5 Å². The van der Waals surface area contributed by atoms with Crippen LogP contribution in [0.1, 0.15) is 18.4 Å². The molecule has 0 amide bonds. The van der Waals surface area contributed by atoms with Gasteiger partial charge in [-0.2, -0.15) is 9.29 Å². The highest BCUT2D eigenvalue weighted by Crippen LogP contribution is 2.21. The molecule has 1 heterocycles. The van der Waals surface area contributed by atoms with E-state index >= 15 is 0 Å². The molecule has 0 aliphatic heterocycles. The zero-order valence-corrected chi connectivity index (χ0v) is 16.2. The molecule has 8 heteroatoms. The van der Waals surface area contributed by atoms with Gasteiger partial charge in [-0.1, -0.05) is 28.9 Å². The summed E-state index contributed by atoms with van der Waals surface area (Å²) in [6.07, 6.45) is 0. The molecule has 142 valence electrons. The Bertz CT molecular complexity index is 1010. The average molecular weight is 387 g/mol. The van der Waals surface area contributed by atoms with E-state index in [0.717, 1.165) is 11.1 Å². The molecule has 0 aliphatic rings. The van der Waals surface area contributed by atoms with Gasteiger partial charge >= 0.3 is 0 Å². The van der Waals surface area contributed by atoms with Crippen molar-refractivity contribution in [3.63, 3.8) is 0 Å². The molecular formula is C19H21N3O4S. The summed E-state index contributed by atoms with van der Waals surface area (Å²) in [6.45, 7) is 4.34. The minimum Gasteiger partial charge on any atom is -0.494 e. The Labute approximate surface area is 158 Å². The van der Waals surface area contributed by atoms with Crippen molar-refractivity contribution >= 4 is 10.0 Å². The molecule has 3 aromatic rings. The first kappa shape index (κ1) is 19.1. The zero-order valence-electron chi connectivity index (χ0n) is 15.4. The number of aryl methyl sites for hydroxylation is 1. The van der Waals surface area contributed by atoms with E-state index < -0.39 is 10.0 Å². The van der Waals surface area contributed by atoms with Crippen molar-refractivity contribution in [1.82, 2.24) is 14.4 Å². The lowest BCUT2D eigenvalue weighted by Crippen LogP contribution is -2.26. The van der Waals surface area contributed by atoms with E-state index in [4.69, 9.17) is 9.26 Å². The quantitative estimate of drug-likeness (QED) is 0.618. The van der Waals surface area contributed by atoms with E-state index in [9.17, 15) is 8.42 Å². The topological polar surface area (TPSA) is 85.5 Å². The second-order valence-electron chi connectivity index (χ2n) is 6.05. The van der Waals surface area contributed by atoms with Gasteiger partial charge in [0.15, 0.2) is 0 Å². The van der Waals surface area contributed by atoms with Crippen LogP contribution in [0.2, 0.25) is 0 Å². The summed E-state index contributed by atoms with van der Waals surface area (Å²) in [4.78, 5) is 4.48. The Balaban J connectivity index is 1.75. The average Bonchev–Trinajstić information content (AvgIpc) is 3.11. The summed E-state index contributed by atoms with van der Waals surface area (Å²) in [5.74, 6) is 1.28. The van der Waals surface area contributed by atoms with Crippen LogP contribution < -0.4 is 4.74 Å². The van der Waals surface area contributed by atoms with Crippen molar-refractivity contribution in [2.75, 3.05) is 13.7 Å². The van der Waals surface area contributed by atoms with Gasteiger partial charge in [0.1, 0.15) is 5.75 Å². The molecule has 0 atom stereocenters. The molecule has 7 nitrogen and oxygen atoms in total. The Morgan fingerprint density at radius 2 is 1.89 bits per heavy atom. The lowest BCUT2D eigenvalue weighted by Gasteiger charge is -2.15. The van der Waals surface area contributed by atoms with Gasteiger partial charge in [0.2, 0.25) is 21.7 Å². The smallest absolute Gasteiger partial charge is 0.243 e. The van der Waals surface area contributed by atoms with Crippen LogP contribution in [-0.4, -0.2) is 36.5 Å².